The summed E-state index contributed by atoms with van der Waals surface area (Å²) in [4.78, 5) is 42.9. The number of carbonyl (C=O) groups is 3. The first-order valence-corrected chi connectivity index (χ1v) is 9.20. The number of amides is 2. The number of carbonyl (C=O) groups excluding carboxylic acids is 3. The molecule has 2 amide bonds. The van der Waals surface area contributed by atoms with Gasteiger partial charge in [-0.15, -0.1) is 0 Å². The Balaban J connectivity index is 1.64. The summed E-state index contributed by atoms with van der Waals surface area (Å²) in [6.45, 7) is 2.82. The Labute approximate surface area is 163 Å². The van der Waals surface area contributed by atoms with Crippen LogP contribution in [0.5, 0.6) is 0 Å². The molecule has 7 nitrogen and oxygen atoms in total. The number of aryl methyl sites for hydroxylation is 1. The zero-order valence-corrected chi connectivity index (χ0v) is 16.0. The fraction of sp³-hybridized carbons (Fsp3) is 0.333. The van der Waals surface area contributed by atoms with Gasteiger partial charge in [0.1, 0.15) is 5.82 Å². The van der Waals surface area contributed by atoms with Gasteiger partial charge < -0.3 is 15.0 Å². The largest absolute Gasteiger partial charge is 0.465 e. The van der Waals surface area contributed by atoms with E-state index >= 15 is 0 Å². The van der Waals surface area contributed by atoms with Crippen molar-refractivity contribution in [2.24, 2.45) is 5.92 Å². The molecule has 0 bridgehead atoms. The molecule has 2 aromatic rings. The highest BCUT2D eigenvalue weighted by atomic mass is 16.5. The molecule has 0 radical (unpaired) electrons. The first-order valence-electron chi connectivity index (χ1n) is 9.20. The van der Waals surface area contributed by atoms with Crippen molar-refractivity contribution in [3.05, 3.63) is 59.3 Å². The monoisotopic (exact) mass is 381 g/mol. The van der Waals surface area contributed by atoms with E-state index < -0.39 is 5.97 Å². The lowest BCUT2D eigenvalue weighted by atomic mass is 9.96. The summed E-state index contributed by atoms with van der Waals surface area (Å²) in [5.41, 5.74) is 1.70. The fourth-order valence-corrected chi connectivity index (χ4v) is 3.27. The Morgan fingerprint density at radius 1 is 1.11 bits per heavy atom. The van der Waals surface area contributed by atoms with E-state index in [2.05, 4.69) is 15.0 Å². The highest BCUT2D eigenvalue weighted by Gasteiger charge is 2.29. The van der Waals surface area contributed by atoms with Crippen LogP contribution in [-0.4, -0.2) is 47.9 Å². The standard InChI is InChI=1S/C21H23N3O4/c1-14-5-3-7-18(22-14)23-19(25)17-6-4-12-24(13-17)20(26)15-8-10-16(11-9-15)21(27)28-2/h3,5,7-11,17H,4,6,12-13H2,1-2H3,(H,22,23,25). The summed E-state index contributed by atoms with van der Waals surface area (Å²) < 4.78 is 4.67. The number of benzene rings is 1. The summed E-state index contributed by atoms with van der Waals surface area (Å²) in [7, 11) is 1.31. The average molecular weight is 381 g/mol. The normalized spacial score (nSPS) is 16.4. The summed E-state index contributed by atoms with van der Waals surface area (Å²) in [5.74, 6) is -0.487. The van der Waals surface area contributed by atoms with Crippen molar-refractivity contribution in [2.45, 2.75) is 19.8 Å². The van der Waals surface area contributed by atoms with Gasteiger partial charge in [-0.05, 0) is 56.2 Å². The number of hydrogen-bond donors (Lipinski definition) is 1. The first-order chi connectivity index (χ1) is 13.5. The summed E-state index contributed by atoms with van der Waals surface area (Å²) >= 11 is 0. The van der Waals surface area contributed by atoms with Gasteiger partial charge in [-0.2, -0.15) is 0 Å². The van der Waals surface area contributed by atoms with Crippen molar-refractivity contribution in [1.29, 1.82) is 0 Å². The lowest BCUT2D eigenvalue weighted by Gasteiger charge is -2.32. The van der Waals surface area contributed by atoms with E-state index in [1.54, 1.807) is 35.2 Å². The lowest BCUT2D eigenvalue weighted by Crippen LogP contribution is -2.43. The molecule has 1 aromatic heterocycles. The number of likely N-dealkylation sites (tertiary alicyclic amines) is 1. The summed E-state index contributed by atoms with van der Waals surface area (Å²) in [5, 5.41) is 2.84. The lowest BCUT2D eigenvalue weighted by molar-refractivity contribution is -0.121. The van der Waals surface area contributed by atoms with Gasteiger partial charge in [0, 0.05) is 24.3 Å². The Kier molecular flexibility index (Phi) is 6.03. The van der Waals surface area contributed by atoms with Gasteiger partial charge in [0.2, 0.25) is 5.91 Å². The Morgan fingerprint density at radius 3 is 2.50 bits per heavy atom. The van der Waals surface area contributed by atoms with E-state index in [0.29, 0.717) is 30.0 Å². The molecule has 1 aromatic carbocycles. The molecule has 1 aliphatic heterocycles. The Bertz CT molecular complexity index is 879. The van der Waals surface area contributed by atoms with Gasteiger partial charge in [0.15, 0.2) is 0 Å². The minimum absolute atomic E-state index is 0.128. The maximum Gasteiger partial charge on any atom is 0.337 e. The molecule has 1 fully saturated rings. The van der Waals surface area contributed by atoms with E-state index in [4.69, 9.17) is 0 Å². The third-order valence-corrected chi connectivity index (χ3v) is 4.77. The molecule has 0 aliphatic carbocycles. The number of aromatic nitrogens is 1. The fourth-order valence-electron chi connectivity index (χ4n) is 3.27. The van der Waals surface area contributed by atoms with Crippen LogP contribution in [0.4, 0.5) is 5.82 Å². The first kappa shape index (κ1) is 19.5. The SMILES string of the molecule is COC(=O)c1ccc(C(=O)N2CCCC(C(=O)Nc3cccc(C)n3)C2)cc1. The van der Waals surface area contributed by atoms with Crippen LogP contribution < -0.4 is 5.32 Å². The van der Waals surface area contributed by atoms with Gasteiger partial charge >= 0.3 is 5.97 Å². The molecular weight excluding hydrogens is 358 g/mol. The number of hydrogen-bond acceptors (Lipinski definition) is 5. The zero-order chi connectivity index (χ0) is 20.1. The van der Waals surface area contributed by atoms with Gasteiger partial charge in [0.25, 0.3) is 5.91 Å². The highest BCUT2D eigenvalue weighted by molar-refractivity contribution is 5.97. The number of piperidine rings is 1. The van der Waals surface area contributed by atoms with Crippen LogP contribution in [0.3, 0.4) is 0 Å². The smallest absolute Gasteiger partial charge is 0.337 e. The van der Waals surface area contributed by atoms with E-state index in [1.807, 2.05) is 19.1 Å². The minimum atomic E-state index is -0.446. The van der Waals surface area contributed by atoms with Crippen LogP contribution in [-0.2, 0) is 9.53 Å². The molecule has 7 heteroatoms. The van der Waals surface area contributed by atoms with Crippen LogP contribution in [0, 0.1) is 12.8 Å². The molecule has 1 aliphatic rings. The maximum atomic E-state index is 12.8. The number of methoxy groups -OCH3 is 1. The number of nitrogens with one attached hydrogen (secondary N) is 1. The van der Waals surface area contributed by atoms with Crippen molar-refractivity contribution in [2.75, 3.05) is 25.5 Å². The van der Waals surface area contributed by atoms with Crippen molar-refractivity contribution in [1.82, 2.24) is 9.88 Å². The third-order valence-electron chi connectivity index (χ3n) is 4.77. The van der Waals surface area contributed by atoms with Crippen LogP contribution >= 0.6 is 0 Å². The number of ether oxygens (including phenoxy) is 1. The second-order valence-corrected chi connectivity index (χ2v) is 6.81. The Hall–Kier alpha value is -3.22. The summed E-state index contributed by atoms with van der Waals surface area (Å²) in [6, 6.07) is 11.8. The predicted octanol–water partition coefficient (Wildman–Crippen LogP) is 2.67. The van der Waals surface area contributed by atoms with Gasteiger partial charge in [-0.1, -0.05) is 6.07 Å². The number of rotatable bonds is 4. The molecule has 146 valence electrons. The average Bonchev–Trinajstić information content (AvgIpc) is 2.73. The molecule has 0 spiro atoms. The zero-order valence-electron chi connectivity index (χ0n) is 16.0. The molecule has 2 heterocycles. The third kappa shape index (κ3) is 4.54. The van der Waals surface area contributed by atoms with E-state index in [-0.39, 0.29) is 17.7 Å². The second-order valence-electron chi connectivity index (χ2n) is 6.81. The van der Waals surface area contributed by atoms with Crippen LogP contribution in [0.2, 0.25) is 0 Å². The highest BCUT2D eigenvalue weighted by Crippen LogP contribution is 2.20. The predicted molar refractivity (Wildman–Crippen MR) is 104 cm³/mol. The quantitative estimate of drug-likeness (QED) is 0.823. The molecule has 1 unspecified atom stereocenters. The van der Waals surface area contributed by atoms with Crippen molar-refractivity contribution >= 4 is 23.6 Å². The molecule has 1 atom stereocenters. The molecule has 3 rings (SSSR count). The van der Waals surface area contributed by atoms with Crippen LogP contribution in [0.25, 0.3) is 0 Å². The number of pyridine rings is 1. The number of anilines is 1. The molecule has 28 heavy (non-hydrogen) atoms. The Morgan fingerprint density at radius 2 is 1.82 bits per heavy atom. The van der Waals surface area contributed by atoms with Gasteiger partial charge in [0.05, 0.1) is 18.6 Å². The van der Waals surface area contributed by atoms with Gasteiger partial charge in [-0.3, -0.25) is 9.59 Å². The molecule has 1 N–H and O–H groups in total. The molecular formula is C21H23N3O4. The number of esters is 1. The minimum Gasteiger partial charge on any atom is -0.465 e. The molecule has 0 saturated carbocycles. The summed E-state index contributed by atoms with van der Waals surface area (Å²) in [6.07, 6.45) is 1.48. The van der Waals surface area contributed by atoms with Crippen molar-refractivity contribution < 1.29 is 19.1 Å². The van der Waals surface area contributed by atoms with Crippen LogP contribution in [0.1, 0.15) is 39.3 Å². The van der Waals surface area contributed by atoms with Crippen molar-refractivity contribution in [3.63, 3.8) is 0 Å². The second kappa shape index (κ2) is 8.65. The van der Waals surface area contributed by atoms with E-state index in [1.165, 1.54) is 7.11 Å². The van der Waals surface area contributed by atoms with E-state index in [9.17, 15) is 14.4 Å². The van der Waals surface area contributed by atoms with Gasteiger partial charge in [-0.25, -0.2) is 9.78 Å². The topological polar surface area (TPSA) is 88.6 Å². The number of nitrogens with zero attached hydrogens (tertiary/aromatic N) is 2. The molecule has 1 saturated heterocycles. The van der Waals surface area contributed by atoms with Crippen LogP contribution in [0.15, 0.2) is 42.5 Å². The van der Waals surface area contributed by atoms with Crippen molar-refractivity contribution in [3.8, 4) is 0 Å². The maximum absolute atomic E-state index is 12.8. The van der Waals surface area contributed by atoms with E-state index in [0.717, 1.165) is 18.5 Å².